The lowest BCUT2D eigenvalue weighted by Crippen LogP contribution is -1.90. The Bertz CT molecular complexity index is 598. The fourth-order valence-corrected chi connectivity index (χ4v) is 1.59. The zero-order chi connectivity index (χ0) is 13.5. The minimum Gasteiger partial charge on any atom is -0.494 e. The fraction of sp³-hybridized carbons (Fsp3) is 0.118. The maximum atomic E-state index is 10.5. The Kier molecular flexibility index (Phi) is 4.36. The van der Waals surface area contributed by atoms with E-state index >= 15 is 0 Å². The molecule has 19 heavy (non-hydrogen) atoms. The smallest absolute Gasteiger partial charge is 0.150 e. The molecule has 0 fully saturated rings. The van der Waals surface area contributed by atoms with Crippen molar-refractivity contribution in [2.75, 3.05) is 6.61 Å². The second kappa shape index (κ2) is 6.42. The molecule has 94 valence electrons. The number of aldehydes is 1. The van der Waals surface area contributed by atoms with Crippen LogP contribution in [-0.4, -0.2) is 12.9 Å². The average Bonchev–Trinajstić information content (AvgIpc) is 2.47. The van der Waals surface area contributed by atoms with Crippen molar-refractivity contribution in [3.8, 4) is 17.6 Å². The van der Waals surface area contributed by atoms with E-state index in [9.17, 15) is 4.79 Å². The molecule has 0 N–H and O–H groups in total. The predicted octanol–water partition coefficient (Wildman–Crippen LogP) is 3.30. The fourth-order valence-electron chi connectivity index (χ4n) is 1.59. The summed E-state index contributed by atoms with van der Waals surface area (Å²) in [5, 5.41) is 0. The lowest BCUT2D eigenvalue weighted by atomic mass is 10.1. The minimum absolute atomic E-state index is 0.659. The van der Waals surface area contributed by atoms with Crippen molar-refractivity contribution in [3.05, 3.63) is 65.2 Å². The number of carbonyl (C=O) groups is 1. The predicted molar refractivity (Wildman–Crippen MR) is 75.4 cm³/mol. The van der Waals surface area contributed by atoms with Crippen LogP contribution in [-0.2, 0) is 0 Å². The van der Waals surface area contributed by atoms with Crippen molar-refractivity contribution in [2.45, 2.75) is 6.92 Å². The van der Waals surface area contributed by atoms with E-state index in [0.717, 1.165) is 23.2 Å². The largest absolute Gasteiger partial charge is 0.494 e. The third-order valence-electron chi connectivity index (χ3n) is 2.56. The molecule has 0 aliphatic carbocycles. The zero-order valence-corrected chi connectivity index (χ0v) is 10.7. The summed E-state index contributed by atoms with van der Waals surface area (Å²) in [6, 6.07) is 14.9. The molecule has 0 amide bonds. The number of ether oxygens (including phenoxy) is 1. The lowest BCUT2D eigenvalue weighted by Gasteiger charge is -2.01. The van der Waals surface area contributed by atoms with Crippen molar-refractivity contribution < 1.29 is 9.53 Å². The molecule has 0 saturated heterocycles. The number of carbonyl (C=O) groups excluding carboxylic acids is 1. The molecule has 2 nitrogen and oxygen atoms in total. The Hall–Kier alpha value is -2.53. The molecule has 0 aliphatic heterocycles. The van der Waals surface area contributed by atoms with Gasteiger partial charge in [-0.15, -0.1) is 0 Å². The Balaban J connectivity index is 2.11. The Morgan fingerprint density at radius 2 is 1.47 bits per heavy atom. The standard InChI is InChI=1S/C17H14O2/c1-2-19-17-11-9-15(10-12-17)4-3-14-5-7-16(13-18)8-6-14/h5-13H,2H2,1H3. The monoisotopic (exact) mass is 250 g/mol. The van der Waals surface area contributed by atoms with Crippen molar-refractivity contribution in [2.24, 2.45) is 0 Å². The second-order valence-corrected chi connectivity index (χ2v) is 3.95. The summed E-state index contributed by atoms with van der Waals surface area (Å²) in [5.74, 6) is 6.98. The first-order valence-electron chi connectivity index (χ1n) is 6.12. The van der Waals surface area contributed by atoms with Gasteiger partial charge in [0.1, 0.15) is 12.0 Å². The van der Waals surface area contributed by atoms with Crippen molar-refractivity contribution >= 4 is 6.29 Å². The summed E-state index contributed by atoms with van der Waals surface area (Å²) in [6.07, 6.45) is 0.823. The molecule has 0 bridgehead atoms. The maximum absolute atomic E-state index is 10.5. The zero-order valence-electron chi connectivity index (χ0n) is 10.7. The maximum Gasteiger partial charge on any atom is 0.150 e. The SMILES string of the molecule is CCOc1ccc(C#Cc2ccc(C=O)cc2)cc1. The van der Waals surface area contributed by atoms with Crippen LogP contribution in [0.1, 0.15) is 28.4 Å². The van der Waals surface area contributed by atoms with E-state index in [0.29, 0.717) is 12.2 Å². The van der Waals surface area contributed by atoms with Gasteiger partial charge in [0, 0.05) is 16.7 Å². The van der Waals surface area contributed by atoms with E-state index in [1.54, 1.807) is 12.1 Å². The molecule has 2 aromatic rings. The van der Waals surface area contributed by atoms with Crippen LogP contribution in [0, 0.1) is 11.8 Å². The van der Waals surface area contributed by atoms with Crippen LogP contribution in [0.3, 0.4) is 0 Å². The first-order valence-corrected chi connectivity index (χ1v) is 6.12. The van der Waals surface area contributed by atoms with E-state index < -0.39 is 0 Å². The van der Waals surface area contributed by atoms with Gasteiger partial charge in [-0.05, 0) is 43.3 Å². The highest BCUT2D eigenvalue weighted by Crippen LogP contribution is 2.11. The van der Waals surface area contributed by atoms with E-state index in [-0.39, 0.29) is 0 Å². The number of hydrogen-bond acceptors (Lipinski definition) is 2. The van der Waals surface area contributed by atoms with Crippen molar-refractivity contribution in [1.82, 2.24) is 0 Å². The molecular formula is C17H14O2. The summed E-state index contributed by atoms with van der Waals surface area (Å²) in [5.41, 5.74) is 2.48. The summed E-state index contributed by atoms with van der Waals surface area (Å²) in [6.45, 7) is 2.62. The normalized spacial score (nSPS) is 9.32. The molecule has 0 atom stereocenters. The molecule has 0 heterocycles. The lowest BCUT2D eigenvalue weighted by molar-refractivity contribution is 0.112. The Morgan fingerprint density at radius 1 is 0.947 bits per heavy atom. The summed E-state index contributed by atoms with van der Waals surface area (Å²) in [4.78, 5) is 10.5. The number of rotatable bonds is 3. The van der Waals surface area contributed by atoms with Gasteiger partial charge in [0.15, 0.2) is 0 Å². The van der Waals surface area contributed by atoms with Crippen LogP contribution in [0.4, 0.5) is 0 Å². The Morgan fingerprint density at radius 3 is 1.95 bits per heavy atom. The average molecular weight is 250 g/mol. The van der Waals surface area contributed by atoms with Gasteiger partial charge in [-0.2, -0.15) is 0 Å². The molecule has 2 rings (SSSR count). The topological polar surface area (TPSA) is 26.3 Å². The van der Waals surface area contributed by atoms with Crippen LogP contribution in [0.25, 0.3) is 0 Å². The van der Waals surface area contributed by atoms with E-state index in [1.807, 2.05) is 43.3 Å². The van der Waals surface area contributed by atoms with Gasteiger partial charge < -0.3 is 4.74 Å². The van der Waals surface area contributed by atoms with Gasteiger partial charge >= 0.3 is 0 Å². The first-order chi connectivity index (χ1) is 9.31. The first kappa shape index (κ1) is 12.9. The second-order valence-electron chi connectivity index (χ2n) is 3.95. The minimum atomic E-state index is 0.659. The molecule has 0 spiro atoms. The van der Waals surface area contributed by atoms with E-state index in [1.165, 1.54) is 0 Å². The molecule has 2 aromatic carbocycles. The summed E-state index contributed by atoms with van der Waals surface area (Å²) >= 11 is 0. The van der Waals surface area contributed by atoms with Gasteiger partial charge in [-0.3, -0.25) is 4.79 Å². The number of benzene rings is 2. The quantitative estimate of drug-likeness (QED) is 0.617. The molecular weight excluding hydrogens is 236 g/mol. The summed E-state index contributed by atoms with van der Waals surface area (Å²) < 4.78 is 5.37. The van der Waals surface area contributed by atoms with Crippen LogP contribution in [0.15, 0.2) is 48.5 Å². The molecule has 0 saturated carbocycles. The number of hydrogen-bond donors (Lipinski definition) is 0. The highest BCUT2D eigenvalue weighted by atomic mass is 16.5. The van der Waals surface area contributed by atoms with Crippen LogP contribution < -0.4 is 4.74 Å². The third-order valence-corrected chi connectivity index (χ3v) is 2.56. The van der Waals surface area contributed by atoms with Crippen LogP contribution in [0.5, 0.6) is 5.75 Å². The van der Waals surface area contributed by atoms with Gasteiger partial charge in [0.05, 0.1) is 6.61 Å². The molecule has 0 unspecified atom stereocenters. The van der Waals surface area contributed by atoms with Crippen molar-refractivity contribution in [3.63, 3.8) is 0 Å². The van der Waals surface area contributed by atoms with Crippen molar-refractivity contribution in [1.29, 1.82) is 0 Å². The molecule has 2 heteroatoms. The van der Waals surface area contributed by atoms with Gasteiger partial charge in [0.25, 0.3) is 0 Å². The highest BCUT2D eigenvalue weighted by molar-refractivity contribution is 5.74. The van der Waals surface area contributed by atoms with E-state index in [2.05, 4.69) is 11.8 Å². The summed E-state index contributed by atoms with van der Waals surface area (Å²) in [7, 11) is 0. The van der Waals surface area contributed by atoms with Gasteiger partial charge in [-0.1, -0.05) is 24.0 Å². The van der Waals surface area contributed by atoms with Crippen LogP contribution >= 0.6 is 0 Å². The molecule has 0 aromatic heterocycles. The van der Waals surface area contributed by atoms with E-state index in [4.69, 9.17) is 4.74 Å². The third kappa shape index (κ3) is 3.72. The van der Waals surface area contributed by atoms with Gasteiger partial charge in [-0.25, -0.2) is 0 Å². The highest BCUT2D eigenvalue weighted by Gasteiger charge is 1.92. The van der Waals surface area contributed by atoms with Gasteiger partial charge in [0.2, 0.25) is 0 Å². The van der Waals surface area contributed by atoms with Crippen LogP contribution in [0.2, 0.25) is 0 Å². The molecule has 0 radical (unpaired) electrons. The Labute approximate surface area is 113 Å². The molecule has 0 aliphatic rings.